The SMILES string of the molecule is OC(c1ccc2c(c1)CCCC(c1ccc(Cl)cc1Cl)=C2c1ccc(CC2CCN(CCCF)C2)cc1)C(F)(F)F. The van der Waals surface area contributed by atoms with Gasteiger partial charge in [0.25, 0.3) is 0 Å². The molecule has 1 saturated heterocycles. The Labute approximate surface area is 248 Å². The van der Waals surface area contributed by atoms with Gasteiger partial charge in [0.05, 0.1) is 6.67 Å². The number of likely N-dealkylation sites (tertiary alicyclic amines) is 1. The van der Waals surface area contributed by atoms with E-state index in [9.17, 15) is 22.7 Å². The van der Waals surface area contributed by atoms with E-state index in [4.69, 9.17) is 23.2 Å². The number of aliphatic hydroxyl groups is 1. The molecule has 0 aromatic heterocycles. The summed E-state index contributed by atoms with van der Waals surface area (Å²) in [5, 5.41) is 11.0. The van der Waals surface area contributed by atoms with E-state index in [1.807, 2.05) is 6.07 Å². The van der Waals surface area contributed by atoms with Crippen LogP contribution in [0.2, 0.25) is 10.0 Å². The molecule has 3 aromatic rings. The Morgan fingerprint density at radius 2 is 1.71 bits per heavy atom. The molecule has 1 N–H and O–H groups in total. The number of allylic oxidation sites excluding steroid dienone is 1. The molecular weight excluding hydrogens is 573 g/mol. The molecular formula is C33H33Cl2F4NO. The van der Waals surface area contributed by atoms with Crippen molar-refractivity contribution in [3.05, 3.63) is 104 Å². The monoisotopic (exact) mass is 605 g/mol. The molecule has 8 heteroatoms. The molecule has 5 rings (SSSR count). The van der Waals surface area contributed by atoms with Crippen LogP contribution in [0.15, 0.2) is 60.7 Å². The van der Waals surface area contributed by atoms with Crippen molar-refractivity contribution < 1.29 is 22.7 Å². The number of rotatable bonds is 8. The summed E-state index contributed by atoms with van der Waals surface area (Å²) in [7, 11) is 0. The third-order valence-electron chi connectivity index (χ3n) is 8.20. The number of fused-ring (bicyclic) bond motifs is 1. The van der Waals surface area contributed by atoms with Gasteiger partial charge in [0.15, 0.2) is 6.10 Å². The van der Waals surface area contributed by atoms with Crippen molar-refractivity contribution in [2.24, 2.45) is 5.92 Å². The number of benzene rings is 3. The quantitative estimate of drug-likeness (QED) is 0.259. The first kappa shape index (κ1) is 30.1. The van der Waals surface area contributed by atoms with E-state index >= 15 is 0 Å². The van der Waals surface area contributed by atoms with Crippen molar-refractivity contribution in [2.45, 2.75) is 50.8 Å². The van der Waals surface area contributed by atoms with Gasteiger partial charge in [0.1, 0.15) is 0 Å². The average Bonchev–Trinajstić information content (AvgIpc) is 3.30. The van der Waals surface area contributed by atoms with Gasteiger partial charge >= 0.3 is 6.18 Å². The first-order valence-corrected chi connectivity index (χ1v) is 14.8. The van der Waals surface area contributed by atoms with Gasteiger partial charge in [0.2, 0.25) is 0 Å². The highest BCUT2D eigenvalue weighted by atomic mass is 35.5. The van der Waals surface area contributed by atoms with Crippen LogP contribution >= 0.6 is 23.2 Å². The van der Waals surface area contributed by atoms with Gasteiger partial charge in [-0.2, -0.15) is 13.2 Å². The fourth-order valence-corrected chi connectivity index (χ4v) is 6.73. The number of halogens is 6. The molecule has 0 saturated carbocycles. The minimum Gasteiger partial charge on any atom is -0.379 e. The van der Waals surface area contributed by atoms with Gasteiger partial charge in [-0.05, 0) is 108 Å². The van der Waals surface area contributed by atoms with Crippen LogP contribution in [0.4, 0.5) is 17.6 Å². The largest absolute Gasteiger partial charge is 0.418 e. The van der Waals surface area contributed by atoms with Crippen LogP contribution in [0.3, 0.4) is 0 Å². The maximum absolute atomic E-state index is 13.3. The maximum atomic E-state index is 13.3. The van der Waals surface area contributed by atoms with Gasteiger partial charge in [-0.15, -0.1) is 0 Å². The van der Waals surface area contributed by atoms with Gasteiger partial charge in [0, 0.05) is 23.1 Å². The summed E-state index contributed by atoms with van der Waals surface area (Å²) in [5.41, 5.74) is 6.42. The van der Waals surface area contributed by atoms with Crippen LogP contribution < -0.4 is 0 Å². The van der Waals surface area contributed by atoms with Crippen molar-refractivity contribution >= 4 is 34.3 Å². The minimum atomic E-state index is -4.74. The van der Waals surface area contributed by atoms with Crippen LogP contribution in [0.25, 0.3) is 11.1 Å². The van der Waals surface area contributed by atoms with E-state index in [0.717, 1.165) is 72.3 Å². The highest BCUT2D eigenvalue weighted by Crippen LogP contribution is 2.43. The zero-order valence-corrected chi connectivity index (χ0v) is 24.2. The fraction of sp³-hybridized carbons (Fsp3) is 0.394. The Morgan fingerprint density at radius 1 is 0.951 bits per heavy atom. The second-order valence-electron chi connectivity index (χ2n) is 11.1. The fourth-order valence-electron chi connectivity index (χ4n) is 6.21. The third-order valence-corrected chi connectivity index (χ3v) is 8.75. The predicted octanol–water partition coefficient (Wildman–Crippen LogP) is 9.11. The standard InChI is InChI=1S/C33H33Cl2F4NO/c34-26-10-12-28(30(35)19-26)29-4-1-3-24-18-25(32(41)33(37,38)39)9-11-27(24)31(29)23-7-5-21(6-8-23)17-22-13-16-40(20-22)15-2-14-36/h5-12,18-19,22,32,41H,1-4,13-17,20H2. The molecule has 0 bridgehead atoms. The van der Waals surface area contributed by atoms with E-state index < -0.39 is 12.3 Å². The number of aliphatic hydroxyl groups excluding tert-OH is 1. The summed E-state index contributed by atoms with van der Waals surface area (Å²) >= 11 is 12.9. The molecule has 2 nitrogen and oxygen atoms in total. The summed E-state index contributed by atoms with van der Waals surface area (Å²) in [6.07, 6.45) is -2.68. The van der Waals surface area contributed by atoms with Crippen molar-refractivity contribution in [3.63, 3.8) is 0 Å². The lowest BCUT2D eigenvalue weighted by molar-refractivity contribution is -0.206. The van der Waals surface area contributed by atoms with E-state index in [1.165, 1.54) is 17.7 Å². The summed E-state index contributed by atoms with van der Waals surface area (Å²) in [6.45, 7) is 2.50. The molecule has 2 aliphatic rings. The molecule has 0 amide bonds. The lowest BCUT2D eigenvalue weighted by atomic mass is 9.86. The Hall–Kier alpha value is -2.38. The van der Waals surface area contributed by atoms with Crippen LogP contribution in [0.1, 0.15) is 65.2 Å². The smallest absolute Gasteiger partial charge is 0.379 e. The summed E-state index contributed by atoms with van der Waals surface area (Å²) < 4.78 is 52.5. The predicted molar refractivity (Wildman–Crippen MR) is 158 cm³/mol. The normalized spacial score (nSPS) is 18.9. The molecule has 218 valence electrons. The lowest BCUT2D eigenvalue weighted by Crippen LogP contribution is -2.22. The molecule has 2 atom stereocenters. The van der Waals surface area contributed by atoms with Gasteiger partial charge in [-0.25, -0.2) is 0 Å². The first-order chi connectivity index (χ1) is 19.6. The highest BCUT2D eigenvalue weighted by Gasteiger charge is 2.39. The second kappa shape index (κ2) is 12.9. The Bertz CT molecular complexity index is 1400. The highest BCUT2D eigenvalue weighted by molar-refractivity contribution is 6.36. The van der Waals surface area contributed by atoms with E-state index in [1.54, 1.807) is 18.2 Å². The second-order valence-corrected chi connectivity index (χ2v) is 11.9. The summed E-state index contributed by atoms with van der Waals surface area (Å²) in [4.78, 5) is 2.33. The van der Waals surface area contributed by atoms with Gasteiger partial charge in [-0.1, -0.05) is 71.7 Å². The van der Waals surface area contributed by atoms with Crippen LogP contribution in [0.5, 0.6) is 0 Å². The molecule has 1 aliphatic heterocycles. The van der Waals surface area contributed by atoms with Crippen molar-refractivity contribution in [1.29, 1.82) is 0 Å². The Balaban J connectivity index is 1.52. The molecule has 1 aliphatic carbocycles. The zero-order valence-electron chi connectivity index (χ0n) is 22.7. The molecule has 1 fully saturated rings. The van der Waals surface area contributed by atoms with E-state index in [0.29, 0.717) is 35.2 Å². The molecule has 2 unspecified atom stereocenters. The Kier molecular flexibility index (Phi) is 9.44. The van der Waals surface area contributed by atoms with E-state index in [2.05, 4.69) is 29.2 Å². The Morgan fingerprint density at radius 3 is 2.41 bits per heavy atom. The number of aryl methyl sites for hydroxylation is 1. The maximum Gasteiger partial charge on any atom is 0.418 e. The number of alkyl halides is 4. The summed E-state index contributed by atoms with van der Waals surface area (Å²) in [6, 6.07) is 18.4. The lowest BCUT2D eigenvalue weighted by Gasteiger charge is -2.20. The van der Waals surface area contributed by atoms with E-state index in [-0.39, 0.29) is 12.2 Å². The third kappa shape index (κ3) is 6.99. The molecule has 0 spiro atoms. The zero-order chi connectivity index (χ0) is 29.1. The van der Waals surface area contributed by atoms with Crippen LogP contribution in [0, 0.1) is 5.92 Å². The van der Waals surface area contributed by atoms with Crippen molar-refractivity contribution in [3.8, 4) is 0 Å². The topological polar surface area (TPSA) is 23.5 Å². The molecule has 1 heterocycles. The van der Waals surface area contributed by atoms with Crippen molar-refractivity contribution in [2.75, 3.05) is 26.3 Å². The van der Waals surface area contributed by atoms with Crippen LogP contribution in [-0.4, -0.2) is 42.5 Å². The van der Waals surface area contributed by atoms with Gasteiger partial charge < -0.3 is 10.0 Å². The molecule has 0 radical (unpaired) electrons. The molecule has 41 heavy (non-hydrogen) atoms. The molecule has 3 aromatic carbocycles. The number of hydrogen-bond donors (Lipinski definition) is 1. The number of nitrogens with zero attached hydrogens (tertiary/aromatic N) is 1. The first-order valence-electron chi connectivity index (χ1n) is 14.1. The van der Waals surface area contributed by atoms with Crippen LogP contribution in [-0.2, 0) is 12.8 Å². The average molecular weight is 607 g/mol. The van der Waals surface area contributed by atoms with Gasteiger partial charge in [-0.3, -0.25) is 4.39 Å². The van der Waals surface area contributed by atoms with Crippen molar-refractivity contribution in [1.82, 2.24) is 4.90 Å². The number of hydrogen-bond acceptors (Lipinski definition) is 2. The summed E-state index contributed by atoms with van der Waals surface area (Å²) in [5.74, 6) is 0.528. The minimum absolute atomic E-state index is 0.156.